The number of carbonyl (C=O) groups excluding carboxylic acids is 5. The molecule has 0 aromatic rings. The number of Topliss-reactive ketones (excluding diaryl/α,β-unsaturated/α-hetero) is 1. The third-order valence-electron chi connectivity index (χ3n) is 4.63. The number of carbonyl (C=O) groups is 5. The van der Waals surface area contributed by atoms with Crippen molar-refractivity contribution in [1.82, 2.24) is 15.5 Å². The van der Waals surface area contributed by atoms with E-state index in [9.17, 15) is 29.1 Å². The smallest absolute Gasteiger partial charge is 0.414 e. The van der Waals surface area contributed by atoms with Crippen LogP contribution in [0.5, 0.6) is 0 Å². The molecule has 2 saturated heterocycles. The Hall–Kier alpha value is -3.51. The van der Waals surface area contributed by atoms with Crippen molar-refractivity contribution >= 4 is 29.7 Å². The summed E-state index contributed by atoms with van der Waals surface area (Å²) < 4.78 is 15.9. The van der Waals surface area contributed by atoms with E-state index >= 15 is 0 Å². The number of nitrogens with zero attached hydrogens (tertiary/aromatic N) is 1. The first-order chi connectivity index (χ1) is 15.5. The lowest BCUT2D eigenvalue weighted by molar-refractivity contribution is -0.146. The maximum atomic E-state index is 13.0. The topological polar surface area (TPSA) is 164 Å². The number of ether oxygens (including phenoxy) is 3. The van der Waals surface area contributed by atoms with E-state index in [4.69, 9.17) is 14.2 Å². The largest absolute Gasteiger partial charge is 0.453 e. The summed E-state index contributed by atoms with van der Waals surface area (Å²) in [6, 6.07) is 0. The van der Waals surface area contributed by atoms with Crippen LogP contribution in [0.25, 0.3) is 0 Å². The van der Waals surface area contributed by atoms with E-state index < -0.39 is 54.0 Å². The molecule has 180 valence electrons. The highest BCUT2D eigenvalue weighted by Crippen LogP contribution is 2.40. The summed E-state index contributed by atoms with van der Waals surface area (Å²) >= 11 is 0. The first-order valence-electron chi connectivity index (χ1n) is 10.0. The standard InChI is InChI=1S/C21H27N3O9/c1-6-7-31-21(30)24-9-13-17(33-13)18(32-12(5)26)15(24)14(19(28)22-8-11(4)25)23-20(29)16(27)10(2)3/h6,13,16-18,27H,1-2,7-9H2,3-5H3,(H,22,28)(H,23,29)/b15-14+/t13-,16+,17-,18-/m1/s1. The first-order valence-corrected chi connectivity index (χ1v) is 10.0. The van der Waals surface area contributed by atoms with E-state index in [1.165, 1.54) is 19.9 Å². The lowest BCUT2D eigenvalue weighted by Gasteiger charge is -2.33. The van der Waals surface area contributed by atoms with Crippen LogP contribution in [-0.4, -0.2) is 83.8 Å². The number of aliphatic hydroxyl groups excluding tert-OH is 1. The molecule has 4 atom stereocenters. The van der Waals surface area contributed by atoms with Crippen molar-refractivity contribution in [3.8, 4) is 0 Å². The van der Waals surface area contributed by atoms with Gasteiger partial charge in [-0.25, -0.2) is 4.79 Å². The van der Waals surface area contributed by atoms with Gasteiger partial charge in [0.15, 0.2) is 12.2 Å². The molecular weight excluding hydrogens is 438 g/mol. The molecule has 0 spiro atoms. The number of hydrogen-bond donors (Lipinski definition) is 3. The van der Waals surface area contributed by atoms with Crippen LogP contribution in [0.3, 0.4) is 0 Å². The maximum Gasteiger partial charge on any atom is 0.414 e. The van der Waals surface area contributed by atoms with Crippen molar-refractivity contribution in [1.29, 1.82) is 0 Å². The molecule has 0 unspecified atom stereocenters. The molecule has 0 bridgehead atoms. The zero-order valence-corrected chi connectivity index (χ0v) is 18.6. The molecule has 2 fully saturated rings. The van der Waals surface area contributed by atoms with Crippen LogP contribution >= 0.6 is 0 Å². The van der Waals surface area contributed by atoms with Crippen LogP contribution in [0, 0.1) is 0 Å². The third kappa shape index (κ3) is 6.49. The van der Waals surface area contributed by atoms with Gasteiger partial charge in [-0.15, -0.1) is 0 Å². The minimum atomic E-state index is -1.68. The third-order valence-corrected chi connectivity index (χ3v) is 4.63. The number of esters is 1. The average Bonchev–Trinajstić information content (AvgIpc) is 3.52. The molecule has 0 saturated carbocycles. The number of aliphatic hydroxyl groups is 1. The highest BCUT2D eigenvalue weighted by molar-refractivity contribution is 6.01. The van der Waals surface area contributed by atoms with Gasteiger partial charge in [-0.3, -0.25) is 24.1 Å². The van der Waals surface area contributed by atoms with Crippen LogP contribution in [0.2, 0.25) is 0 Å². The molecule has 2 aliphatic rings. The minimum Gasteiger partial charge on any atom is -0.453 e. The summed E-state index contributed by atoms with van der Waals surface area (Å²) in [5.74, 6) is -3.10. The highest BCUT2D eigenvalue weighted by atomic mass is 16.6. The molecule has 3 N–H and O–H groups in total. The Balaban J connectivity index is 2.60. The number of piperidine rings is 1. The van der Waals surface area contributed by atoms with Crippen molar-refractivity contribution in [3.63, 3.8) is 0 Å². The van der Waals surface area contributed by atoms with Crippen molar-refractivity contribution < 1.29 is 43.3 Å². The van der Waals surface area contributed by atoms with Gasteiger partial charge in [0.25, 0.3) is 11.8 Å². The van der Waals surface area contributed by atoms with Crippen molar-refractivity contribution in [2.45, 2.75) is 45.2 Å². The number of hydrogen-bond acceptors (Lipinski definition) is 9. The maximum absolute atomic E-state index is 13.0. The number of epoxide rings is 1. The van der Waals surface area contributed by atoms with E-state index in [1.807, 2.05) is 0 Å². The number of nitrogens with one attached hydrogen (secondary N) is 2. The Morgan fingerprint density at radius 1 is 1.27 bits per heavy atom. The van der Waals surface area contributed by atoms with Gasteiger partial charge >= 0.3 is 12.1 Å². The zero-order chi connectivity index (χ0) is 24.9. The van der Waals surface area contributed by atoms with Crippen molar-refractivity contribution in [3.05, 3.63) is 36.2 Å². The quantitative estimate of drug-likeness (QED) is 0.173. The Bertz CT molecular complexity index is 911. The van der Waals surface area contributed by atoms with E-state index in [0.717, 1.165) is 11.8 Å². The molecule has 3 amide bonds. The minimum absolute atomic E-state index is 0.0594. The second-order valence-electron chi connectivity index (χ2n) is 7.53. The lowest BCUT2D eigenvalue weighted by Crippen LogP contribution is -2.51. The summed E-state index contributed by atoms with van der Waals surface area (Å²) in [5, 5.41) is 14.6. The lowest BCUT2D eigenvalue weighted by atomic mass is 10.0. The van der Waals surface area contributed by atoms with Gasteiger partial charge in [0, 0.05) is 6.92 Å². The summed E-state index contributed by atoms with van der Waals surface area (Å²) in [7, 11) is 0. The first kappa shape index (κ1) is 25.7. The fourth-order valence-electron chi connectivity index (χ4n) is 3.06. The van der Waals surface area contributed by atoms with Crippen LogP contribution in [0.4, 0.5) is 4.79 Å². The summed E-state index contributed by atoms with van der Waals surface area (Å²) in [6.07, 6.45) is -3.68. The molecule has 12 nitrogen and oxygen atoms in total. The summed E-state index contributed by atoms with van der Waals surface area (Å²) in [4.78, 5) is 62.4. The summed E-state index contributed by atoms with van der Waals surface area (Å²) in [5.41, 5.74) is -0.646. The fourth-order valence-corrected chi connectivity index (χ4v) is 3.06. The van der Waals surface area contributed by atoms with Crippen molar-refractivity contribution in [2.24, 2.45) is 0 Å². The van der Waals surface area contributed by atoms with E-state index in [1.54, 1.807) is 0 Å². The number of ketones is 1. The Kier molecular flexibility index (Phi) is 8.49. The predicted molar refractivity (Wildman–Crippen MR) is 112 cm³/mol. The average molecular weight is 465 g/mol. The molecule has 0 aromatic heterocycles. The van der Waals surface area contributed by atoms with Gasteiger partial charge in [0.2, 0.25) is 0 Å². The zero-order valence-electron chi connectivity index (χ0n) is 18.6. The molecule has 0 aromatic carbocycles. The highest BCUT2D eigenvalue weighted by Gasteiger charge is 2.57. The molecule has 2 aliphatic heterocycles. The molecular formula is C21H27N3O9. The van der Waals surface area contributed by atoms with E-state index in [2.05, 4.69) is 23.8 Å². The van der Waals surface area contributed by atoms with Crippen LogP contribution in [0.1, 0.15) is 20.8 Å². The summed E-state index contributed by atoms with van der Waals surface area (Å²) in [6.45, 7) is 10.1. The fraction of sp³-hybridized carbons (Fsp3) is 0.476. The second kappa shape index (κ2) is 10.9. The number of amides is 3. The van der Waals surface area contributed by atoms with Gasteiger partial charge in [-0.2, -0.15) is 0 Å². The van der Waals surface area contributed by atoms with Crippen LogP contribution in [-0.2, 0) is 33.4 Å². The molecule has 0 aliphatic carbocycles. The number of rotatable bonds is 9. The van der Waals surface area contributed by atoms with Crippen LogP contribution in [0.15, 0.2) is 36.2 Å². The second-order valence-corrected chi connectivity index (χ2v) is 7.53. The van der Waals surface area contributed by atoms with Gasteiger partial charge in [0.05, 0.1) is 18.8 Å². The molecule has 2 rings (SSSR count). The normalized spacial score (nSPS) is 23.3. The van der Waals surface area contributed by atoms with Crippen molar-refractivity contribution in [2.75, 3.05) is 19.7 Å². The Morgan fingerprint density at radius 3 is 2.48 bits per heavy atom. The van der Waals surface area contributed by atoms with E-state index in [-0.39, 0.29) is 36.7 Å². The molecule has 0 radical (unpaired) electrons. The SMILES string of the molecule is C=CCOC(=O)N1C[C@H]2O[C@H]2[C@H](OC(C)=O)/C1=C(\NC(=O)[C@@H](O)C(=C)C)C(=O)NCC(C)=O. The Morgan fingerprint density at radius 2 is 1.94 bits per heavy atom. The Labute approximate surface area is 190 Å². The molecule has 2 heterocycles. The number of likely N-dealkylation sites (tertiary alicyclic amines) is 1. The van der Waals surface area contributed by atoms with Gasteiger partial charge in [-0.1, -0.05) is 19.2 Å². The van der Waals surface area contributed by atoms with E-state index in [0.29, 0.717) is 0 Å². The van der Waals surface area contributed by atoms with Gasteiger partial charge in [-0.05, 0) is 19.4 Å². The molecule has 33 heavy (non-hydrogen) atoms. The van der Waals surface area contributed by atoms with Crippen LogP contribution < -0.4 is 10.6 Å². The predicted octanol–water partition coefficient (Wildman–Crippen LogP) is -0.706. The monoisotopic (exact) mass is 465 g/mol. The molecule has 12 heteroatoms. The van der Waals surface area contributed by atoms with Gasteiger partial charge < -0.3 is 30.0 Å². The number of fused-ring (bicyclic) bond motifs is 1. The van der Waals surface area contributed by atoms with Gasteiger partial charge in [0.1, 0.15) is 30.3 Å².